The van der Waals surface area contributed by atoms with E-state index < -0.39 is 5.97 Å². The summed E-state index contributed by atoms with van der Waals surface area (Å²) in [5, 5.41) is 0. The Morgan fingerprint density at radius 1 is 1.23 bits per heavy atom. The van der Waals surface area contributed by atoms with E-state index in [2.05, 4.69) is 6.92 Å². The molecule has 0 aliphatic rings. The molecule has 1 aromatic heterocycles. The number of ether oxygens (including phenoxy) is 1. The number of carbonyl (C=O) groups excluding carboxylic acids is 1. The predicted molar refractivity (Wildman–Crippen MR) is 85.8 cm³/mol. The lowest BCUT2D eigenvalue weighted by Gasteiger charge is -2.06. The van der Waals surface area contributed by atoms with E-state index >= 15 is 0 Å². The highest BCUT2D eigenvalue weighted by Gasteiger charge is 2.11. The Hall–Kier alpha value is -2.40. The van der Waals surface area contributed by atoms with E-state index in [0.29, 0.717) is 21.6 Å². The molecule has 0 unspecified atom stereocenters. The smallest absolute Gasteiger partial charge is 0.396 e. The van der Waals surface area contributed by atoms with Crippen LogP contribution in [0.5, 0.6) is 5.75 Å². The third-order valence-corrected chi connectivity index (χ3v) is 4.00. The fourth-order valence-corrected chi connectivity index (χ4v) is 2.92. The molecule has 4 nitrogen and oxygen atoms in total. The largest absolute Gasteiger partial charge is 0.423 e. The van der Waals surface area contributed by atoms with Gasteiger partial charge in [0.15, 0.2) is 0 Å². The van der Waals surface area contributed by atoms with Crippen LogP contribution in [0.25, 0.3) is 10.3 Å². The fourth-order valence-electron chi connectivity index (χ4n) is 2.22. The number of hydrogen-bond donors (Lipinski definition) is 0. The molecule has 0 amide bonds. The summed E-state index contributed by atoms with van der Waals surface area (Å²) in [6, 6.07) is 12.3. The lowest BCUT2D eigenvalue weighted by molar-refractivity contribution is 0.0735. The monoisotopic (exact) mass is 314 g/mol. The van der Waals surface area contributed by atoms with Gasteiger partial charge in [0.1, 0.15) is 11.3 Å². The molecular formula is C17H14O4S. The molecular weight excluding hydrogens is 300 g/mol. The molecule has 3 rings (SSSR count). The second-order valence-electron chi connectivity index (χ2n) is 4.90. The molecule has 0 spiro atoms. The van der Waals surface area contributed by atoms with Gasteiger partial charge in [-0.2, -0.15) is 0 Å². The molecule has 0 aliphatic carbocycles. The maximum atomic E-state index is 12.2. The third kappa shape index (κ3) is 3.09. The van der Waals surface area contributed by atoms with Crippen LogP contribution >= 0.6 is 11.3 Å². The number of aryl methyl sites for hydroxylation is 1. The number of fused-ring (bicyclic) bond motifs is 1. The van der Waals surface area contributed by atoms with Gasteiger partial charge in [-0.3, -0.25) is 0 Å². The van der Waals surface area contributed by atoms with Crippen LogP contribution < -0.4 is 9.68 Å². The second-order valence-corrected chi connectivity index (χ2v) is 5.88. The first-order valence-corrected chi connectivity index (χ1v) is 7.82. The SMILES string of the molecule is CCCc1cccc(C(=O)Oc2ccc3oc(=O)sc3c2)c1. The normalized spacial score (nSPS) is 10.8. The summed E-state index contributed by atoms with van der Waals surface area (Å²) in [7, 11) is 0. The molecule has 112 valence electrons. The molecule has 1 heterocycles. The zero-order valence-corrected chi connectivity index (χ0v) is 12.8. The maximum absolute atomic E-state index is 12.2. The van der Waals surface area contributed by atoms with Gasteiger partial charge in [-0.1, -0.05) is 36.8 Å². The van der Waals surface area contributed by atoms with Crippen LogP contribution in [0.2, 0.25) is 0 Å². The van der Waals surface area contributed by atoms with Gasteiger partial charge in [-0.15, -0.1) is 0 Å². The molecule has 0 saturated carbocycles. The van der Waals surface area contributed by atoms with Crippen molar-refractivity contribution in [3.63, 3.8) is 0 Å². The summed E-state index contributed by atoms with van der Waals surface area (Å²) in [4.78, 5) is 23.0. The highest BCUT2D eigenvalue weighted by atomic mass is 32.1. The minimum Gasteiger partial charge on any atom is -0.423 e. The Morgan fingerprint density at radius 3 is 2.91 bits per heavy atom. The van der Waals surface area contributed by atoms with E-state index in [1.165, 1.54) is 0 Å². The lowest BCUT2D eigenvalue weighted by atomic mass is 10.1. The van der Waals surface area contributed by atoms with Gasteiger partial charge in [-0.25, -0.2) is 9.59 Å². The van der Waals surface area contributed by atoms with Crippen LogP contribution in [0.1, 0.15) is 29.3 Å². The average molecular weight is 314 g/mol. The van der Waals surface area contributed by atoms with E-state index in [9.17, 15) is 9.59 Å². The van der Waals surface area contributed by atoms with Crippen molar-refractivity contribution in [2.45, 2.75) is 19.8 Å². The Morgan fingerprint density at radius 2 is 2.09 bits per heavy atom. The van der Waals surface area contributed by atoms with Gasteiger partial charge in [0, 0.05) is 6.07 Å². The van der Waals surface area contributed by atoms with Gasteiger partial charge in [0.05, 0.1) is 10.3 Å². The van der Waals surface area contributed by atoms with Crippen molar-refractivity contribution in [2.75, 3.05) is 0 Å². The van der Waals surface area contributed by atoms with Crippen LogP contribution in [-0.4, -0.2) is 5.97 Å². The van der Waals surface area contributed by atoms with Gasteiger partial charge in [-0.05, 0) is 36.2 Å². The van der Waals surface area contributed by atoms with Crippen LogP contribution in [0, 0.1) is 0 Å². The Labute approximate surface area is 131 Å². The first kappa shape index (κ1) is 14.5. The van der Waals surface area contributed by atoms with E-state index in [0.717, 1.165) is 29.7 Å². The van der Waals surface area contributed by atoms with Crippen LogP contribution in [0.3, 0.4) is 0 Å². The molecule has 0 N–H and O–H groups in total. The van der Waals surface area contributed by atoms with Gasteiger partial charge >= 0.3 is 10.9 Å². The fraction of sp³-hybridized carbons (Fsp3) is 0.176. The number of hydrogen-bond acceptors (Lipinski definition) is 5. The van der Waals surface area contributed by atoms with E-state index in [1.54, 1.807) is 24.3 Å². The summed E-state index contributed by atoms with van der Waals surface area (Å²) < 4.78 is 11.0. The molecule has 0 atom stereocenters. The molecule has 5 heteroatoms. The molecule has 0 fully saturated rings. The van der Waals surface area contributed by atoms with E-state index in [4.69, 9.17) is 9.15 Å². The lowest BCUT2D eigenvalue weighted by Crippen LogP contribution is -2.08. The van der Waals surface area contributed by atoms with Crippen molar-refractivity contribution in [3.05, 3.63) is 63.3 Å². The second kappa shape index (κ2) is 6.15. The quantitative estimate of drug-likeness (QED) is 0.539. The number of benzene rings is 2. The predicted octanol–water partition coefficient (Wildman–Crippen LogP) is 4.03. The minimum atomic E-state index is -0.409. The van der Waals surface area contributed by atoms with Crippen molar-refractivity contribution in [1.29, 1.82) is 0 Å². The first-order chi connectivity index (χ1) is 10.7. The zero-order valence-electron chi connectivity index (χ0n) is 12.0. The van der Waals surface area contributed by atoms with Crippen molar-refractivity contribution >= 4 is 27.6 Å². The van der Waals surface area contributed by atoms with Crippen LogP contribution in [-0.2, 0) is 6.42 Å². The maximum Gasteiger partial charge on any atom is 0.396 e. The summed E-state index contributed by atoms with van der Waals surface area (Å²) in [6.07, 6.45) is 1.95. The van der Waals surface area contributed by atoms with Crippen molar-refractivity contribution in [3.8, 4) is 5.75 Å². The number of esters is 1. The van der Waals surface area contributed by atoms with Crippen molar-refractivity contribution in [2.24, 2.45) is 0 Å². The molecule has 0 saturated heterocycles. The summed E-state index contributed by atoms with van der Waals surface area (Å²) in [6.45, 7) is 2.09. The van der Waals surface area contributed by atoms with E-state index in [-0.39, 0.29) is 4.94 Å². The topological polar surface area (TPSA) is 56.5 Å². The average Bonchev–Trinajstić information content (AvgIpc) is 2.87. The Kier molecular flexibility index (Phi) is 4.06. The molecule has 2 aromatic carbocycles. The van der Waals surface area contributed by atoms with Crippen LogP contribution in [0.4, 0.5) is 0 Å². The van der Waals surface area contributed by atoms with E-state index in [1.807, 2.05) is 18.2 Å². The highest BCUT2D eigenvalue weighted by molar-refractivity contribution is 7.16. The Bertz CT molecular complexity index is 875. The molecule has 3 aromatic rings. The van der Waals surface area contributed by atoms with Crippen molar-refractivity contribution < 1.29 is 13.9 Å². The van der Waals surface area contributed by atoms with Gasteiger partial charge < -0.3 is 9.15 Å². The zero-order chi connectivity index (χ0) is 15.5. The molecule has 0 radical (unpaired) electrons. The molecule has 22 heavy (non-hydrogen) atoms. The van der Waals surface area contributed by atoms with Crippen LogP contribution in [0.15, 0.2) is 51.7 Å². The number of carbonyl (C=O) groups is 1. The standard InChI is InChI=1S/C17H14O4S/c1-2-4-11-5-3-6-12(9-11)16(18)20-13-7-8-14-15(10-13)22-17(19)21-14/h3,5-10H,2,4H2,1H3. The summed E-state index contributed by atoms with van der Waals surface area (Å²) in [5.74, 6) is -0.0106. The summed E-state index contributed by atoms with van der Waals surface area (Å²) in [5.41, 5.74) is 2.13. The van der Waals surface area contributed by atoms with Gasteiger partial charge in [0.25, 0.3) is 0 Å². The highest BCUT2D eigenvalue weighted by Crippen LogP contribution is 2.23. The Balaban J connectivity index is 1.82. The first-order valence-electron chi connectivity index (χ1n) is 7.00. The third-order valence-electron chi connectivity index (χ3n) is 3.21. The molecule has 0 bridgehead atoms. The van der Waals surface area contributed by atoms with Gasteiger partial charge in [0.2, 0.25) is 0 Å². The molecule has 0 aliphatic heterocycles. The van der Waals surface area contributed by atoms with Crippen molar-refractivity contribution in [1.82, 2.24) is 0 Å². The summed E-state index contributed by atoms with van der Waals surface area (Å²) >= 11 is 0.985. The number of rotatable bonds is 4. The minimum absolute atomic E-state index is 0.370.